The molecule has 0 spiro atoms. The number of likely N-dealkylation sites (tertiary alicyclic amines) is 1. The third kappa shape index (κ3) is 3.44. The van der Waals surface area contributed by atoms with Crippen molar-refractivity contribution in [3.63, 3.8) is 0 Å². The minimum atomic E-state index is 0.307. The highest BCUT2D eigenvalue weighted by atomic mass is 16.5. The van der Waals surface area contributed by atoms with Gasteiger partial charge in [0.05, 0.1) is 5.92 Å². The van der Waals surface area contributed by atoms with Crippen LogP contribution in [0.4, 0.5) is 0 Å². The van der Waals surface area contributed by atoms with Gasteiger partial charge in [0.1, 0.15) is 0 Å². The van der Waals surface area contributed by atoms with Gasteiger partial charge in [-0.05, 0) is 28.8 Å². The summed E-state index contributed by atoms with van der Waals surface area (Å²) in [5.41, 5.74) is 4.70. The Kier molecular flexibility index (Phi) is 4.43. The average Bonchev–Trinajstić information content (AvgIpc) is 3.22. The Morgan fingerprint density at radius 2 is 1.61 bits per heavy atom. The highest BCUT2D eigenvalue weighted by Gasteiger charge is 2.32. The molecule has 5 heteroatoms. The van der Waals surface area contributed by atoms with E-state index < -0.39 is 0 Å². The van der Waals surface area contributed by atoms with Crippen molar-refractivity contribution in [1.29, 1.82) is 0 Å². The van der Waals surface area contributed by atoms with Crippen molar-refractivity contribution in [2.75, 3.05) is 13.1 Å². The Hall–Kier alpha value is -3.31. The Morgan fingerprint density at radius 3 is 2.36 bits per heavy atom. The Bertz CT molecular complexity index is 1040. The van der Waals surface area contributed by atoms with Crippen LogP contribution < -0.4 is 0 Å². The molecule has 0 aliphatic carbocycles. The molecule has 0 radical (unpaired) electrons. The number of aromatic nitrogens is 3. The molecule has 5 rings (SSSR count). The zero-order valence-electron chi connectivity index (χ0n) is 15.4. The van der Waals surface area contributed by atoms with Crippen LogP contribution in [0.25, 0.3) is 22.5 Å². The molecule has 1 aliphatic rings. The van der Waals surface area contributed by atoms with Gasteiger partial charge in [0.25, 0.3) is 0 Å². The van der Waals surface area contributed by atoms with Gasteiger partial charge in [-0.1, -0.05) is 59.8 Å². The summed E-state index contributed by atoms with van der Waals surface area (Å²) >= 11 is 0. The number of nitrogens with zero attached hydrogens (tertiary/aromatic N) is 4. The lowest BCUT2D eigenvalue weighted by Crippen LogP contribution is -2.44. The second-order valence-electron chi connectivity index (χ2n) is 7.15. The third-order valence-electron chi connectivity index (χ3n) is 5.14. The largest absolute Gasteiger partial charge is 0.339 e. The SMILES string of the molecule is c1ccc(-c2ccc(CN3CC(c4nc(-c5cccnc5)no4)C3)cc2)cc1. The summed E-state index contributed by atoms with van der Waals surface area (Å²) in [4.78, 5) is 11.0. The van der Waals surface area contributed by atoms with Crippen molar-refractivity contribution in [3.8, 4) is 22.5 Å². The molecule has 0 saturated carbocycles. The van der Waals surface area contributed by atoms with E-state index in [1.54, 1.807) is 12.4 Å². The molecule has 0 amide bonds. The fraction of sp³-hybridized carbons (Fsp3) is 0.174. The van der Waals surface area contributed by atoms with E-state index in [0.29, 0.717) is 11.7 Å². The third-order valence-corrected chi connectivity index (χ3v) is 5.14. The van der Waals surface area contributed by atoms with E-state index >= 15 is 0 Å². The highest BCUT2D eigenvalue weighted by molar-refractivity contribution is 5.63. The van der Waals surface area contributed by atoms with E-state index in [0.717, 1.165) is 31.1 Å². The van der Waals surface area contributed by atoms with Gasteiger partial charge in [0.15, 0.2) is 0 Å². The standard InChI is InChI=1S/C23H20N4O/c1-2-5-18(6-3-1)19-10-8-17(9-11-19)14-27-15-21(16-27)23-25-22(26-28-23)20-7-4-12-24-13-20/h1-13,21H,14-16H2. The van der Waals surface area contributed by atoms with E-state index in [4.69, 9.17) is 4.52 Å². The molecule has 1 aliphatic heterocycles. The van der Waals surface area contributed by atoms with Gasteiger partial charge in [-0.25, -0.2) is 0 Å². The zero-order valence-corrected chi connectivity index (χ0v) is 15.4. The van der Waals surface area contributed by atoms with Crippen molar-refractivity contribution in [3.05, 3.63) is 90.6 Å². The molecule has 0 N–H and O–H groups in total. The number of rotatable bonds is 5. The van der Waals surface area contributed by atoms with Crippen LogP contribution in [0.5, 0.6) is 0 Å². The van der Waals surface area contributed by atoms with Crippen LogP contribution in [0.1, 0.15) is 17.4 Å². The van der Waals surface area contributed by atoms with Crippen LogP contribution in [-0.4, -0.2) is 33.1 Å². The van der Waals surface area contributed by atoms with Crippen molar-refractivity contribution in [2.45, 2.75) is 12.5 Å². The highest BCUT2D eigenvalue weighted by Crippen LogP contribution is 2.29. The summed E-state index contributed by atoms with van der Waals surface area (Å²) < 4.78 is 5.47. The van der Waals surface area contributed by atoms with Gasteiger partial charge >= 0.3 is 0 Å². The molecule has 1 saturated heterocycles. The van der Waals surface area contributed by atoms with Crippen LogP contribution in [0.3, 0.4) is 0 Å². The van der Waals surface area contributed by atoms with E-state index in [-0.39, 0.29) is 0 Å². The van der Waals surface area contributed by atoms with E-state index in [9.17, 15) is 0 Å². The molecule has 0 unspecified atom stereocenters. The number of hydrogen-bond donors (Lipinski definition) is 0. The monoisotopic (exact) mass is 368 g/mol. The fourth-order valence-electron chi connectivity index (χ4n) is 3.56. The van der Waals surface area contributed by atoms with Crippen molar-refractivity contribution in [2.24, 2.45) is 0 Å². The first-order valence-electron chi connectivity index (χ1n) is 9.46. The summed E-state index contributed by atoms with van der Waals surface area (Å²) in [6.45, 7) is 2.82. The van der Waals surface area contributed by atoms with Gasteiger partial charge in [-0.2, -0.15) is 4.98 Å². The number of pyridine rings is 1. The quantitative estimate of drug-likeness (QED) is 0.523. The van der Waals surface area contributed by atoms with Gasteiger partial charge in [0.2, 0.25) is 11.7 Å². The average molecular weight is 368 g/mol. The first-order valence-corrected chi connectivity index (χ1v) is 9.46. The maximum Gasteiger partial charge on any atom is 0.232 e. The maximum atomic E-state index is 5.47. The maximum absolute atomic E-state index is 5.47. The van der Waals surface area contributed by atoms with Gasteiger partial charge < -0.3 is 4.52 Å². The topological polar surface area (TPSA) is 55.1 Å². The molecule has 138 valence electrons. The molecule has 1 fully saturated rings. The minimum absolute atomic E-state index is 0.307. The summed E-state index contributed by atoms with van der Waals surface area (Å²) in [5.74, 6) is 1.63. The molecule has 28 heavy (non-hydrogen) atoms. The molecular weight excluding hydrogens is 348 g/mol. The second kappa shape index (κ2) is 7.37. The van der Waals surface area contributed by atoms with Crippen LogP contribution in [0.15, 0.2) is 83.6 Å². The molecular formula is C23H20N4O. The van der Waals surface area contributed by atoms with E-state index in [1.165, 1.54) is 16.7 Å². The lowest BCUT2D eigenvalue weighted by atomic mass is 9.98. The van der Waals surface area contributed by atoms with E-state index in [1.807, 2.05) is 18.2 Å². The van der Waals surface area contributed by atoms with Crippen LogP contribution >= 0.6 is 0 Å². The minimum Gasteiger partial charge on any atom is -0.339 e. The zero-order chi connectivity index (χ0) is 18.8. The number of benzene rings is 2. The van der Waals surface area contributed by atoms with Crippen molar-refractivity contribution < 1.29 is 4.52 Å². The molecule has 2 aromatic heterocycles. The molecule has 4 aromatic rings. The predicted molar refractivity (Wildman–Crippen MR) is 107 cm³/mol. The molecule has 2 aromatic carbocycles. The van der Waals surface area contributed by atoms with Gasteiger partial charge in [-0.3, -0.25) is 9.88 Å². The van der Waals surface area contributed by atoms with E-state index in [2.05, 4.69) is 68.6 Å². The molecule has 0 atom stereocenters. The predicted octanol–water partition coefficient (Wildman–Crippen LogP) is 4.40. The van der Waals surface area contributed by atoms with Crippen molar-refractivity contribution >= 4 is 0 Å². The first kappa shape index (κ1) is 16.8. The summed E-state index contributed by atoms with van der Waals surface area (Å²) in [6.07, 6.45) is 3.49. The fourth-order valence-corrected chi connectivity index (χ4v) is 3.56. The first-order chi connectivity index (χ1) is 13.8. The van der Waals surface area contributed by atoms with Crippen LogP contribution in [-0.2, 0) is 6.54 Å². The Balaban J connectivity index is 1.18. The summed E-state index contributed by atoms with van der Waals surface area (Å²) in [6, 6.07) is 23.1. The van der Waals surface area contributed by atoms with Gasteiger partial charge in [-0.15, -0.1) is 0 Å². The summed E-state index contributed by atoms with van der Waals surface area (Å²) in [5, 5.41) is 4.09. The Morgan fingerprint density at radius 1 is 0.857 bits per heavy atom. The smallest absolute Gasteiger partial charge is 0.232 e. The lowest BCUT2D eigenvalue weighted by molar-refractivity contribution is 0.117. The van der Waals surface area contributed by atoms with Gasteiger partial charge in [0, 0.05) is 37.6 Å². The number of hydrogen-bond acceptors (Lipinski definition) is 5. The molecule has 3 heterocycles. The lowest BCUT2D eigenvalue weighted by Gasteiger charge is -2.37. The van der Waals surface area contributed by atoms with Crippen LogP contribution in [0, 0.1) is 0 Å². The Labute approximate surface area is 163 Å². The normalized spacial score (nSPS) is 14.7. The van der Waals surface area contributed by atoms with Crippen LogP contribution in [0.2, 0.25) is 0 Å². The van der Waals surface area contributed by atoms with Crippen molar-refractivity contribution in [1.82, 2.24) is 20.0 Å². The second-order valence-corrected chi connectivity index (χ2v) is 7.15. The molecule has 0 bridgehead atoms. The molecule has 5 nitrogen and oxygen atoms in total. The summed E-state index contributed by atoms with van der Waals surface area (Å²) in [7, 11) is 0.